The molecule has 4 rings (SSSR count). The van der Waals surface area contributed by atoms with Crippen LogP contribution in [0.4, 0.5) is 0 Å². The SMILES string of the molecule is COc1cc2c(cc1Br)CC[C@@H]1C(c3ccncc3)[C@H]21. The van der Waals surface area contributed by atoms with Crippen molar-refractivity contribution in [2.45, 2.75) is 24.7 Å². The summed E-state index contributed by atoms with van der Waals surface area (Å²) in [5.41, 5.74) is 4.41. The Kier molecular flexibility index (Phi) is 2.84. The minimum atomic E-state index is 0.670. The lowest BCUT2D eigenvalue weighted by Crippen LogP contribution is -2.02. The molecule has 0 amide bonds. The van der Waals surface area contributed by atoms with Crippen molar-refractivity contribution >= 4 is 15.9 Å². The summed E-state index contributed by atoms with van der Waals surface area (Å²) in [5.74, 6) is 3.09. The highest BCUT2D eigenvalue weighted by molar-refractivity contribution is 9.10. The first-order valence-electron chi connectivity index (χ1n) is 7.06. The number of benzene rings is 1. The number of hydrogen-bond donors (Lipinski definition) is 0. The summed E-state index contributed by atoms with van der Waals surface area (Å²) in [6.45, 7) is 0. The number of aryl methyl sites for hydroxylation is 1. The molecule has 0 spiro atoms. The standard InChI is InChI=1S/C17H16BrNO/c1-20-15-9-13-11(8-14(15)18)2-3-12-16(17(12)13)10-4-6-19-7-5-10/h4-9,12,16-17H,2-3H2,1H3/t12-,16?,17+/m1/s1. The Morgan fingerprint density at radius 2 is 2.00 bits per heavy atom. The number of ether oxygens (including phenoxy) is 1. The van der Waals surface area contributed by atoms with Crippen molar-refractivity contribution in [1.82, 2.24) is 4.98 Å². The lowest BCUT2D eigenvalue weighted by Gasteiger charge is -2.16. The monoisotopic (exact) mass is 329 g/mol. The zero-order valence-electron chi connectivity index (χ0n) is 11.3. The second kappa shape index (κ2) is 4.59. The molecule has 1 saturated carbocycles. The molecule has 1 heterocycles. The second-order valence-corrected chi connectivity index (χ2v) is 6.57. The van der Waals surface area contributed by atoms with Crippen LogP contribution >= 0.6 is 15.9 Å². The first-order chi connectivity index (χ1) is 9.79. The van der Waals surface area contributed by atoms with Crippen LogP contribution in [0.5, 0.6) is 5.75 Å². The molecule has 1 fully saturated rings. The van der Waals surface area contributed by atoms with Gasteiger partial charge in [-0.3, -0.25) is 4.98 Å². The van der Waals surface area contributed by atoms with E-state index in [1.54, 1.807) is 7.11 Å². The fourth-order valence-corrected chi connectivity index (χ4v) is 4.37. The number of aromatic nitrogens is 1. The molecule has 102 valence electrons. The smallest absolute Gasteiger partial charge is 0.133 e. The Balaban J connectivity index is 1.74. The Labute approximate surface area is 127 Å². The predicted octanol–water partition coefficient (Wildman–Crippen LogP) is 4.30. The van der Waals surface area contributed by atoms with Crippen molar-refractivity contribution < 1.29 is 4.74 Å². The molecule has 2 nitrogen and oxygen atoms in total. The van der Waals surface area contributed by atoms with Gasteiger partial charge in [0.25, 0.3) is 0 Å². The van der Waals surface area contributed by atoms with Gasteiger partial charge in [0.05, 0.1) is 11.6 Å². The molecule has 0 radical (unpaired) electrons. The topological polar surface area (TPSA) is 22.1 Å². The molecule has 0 saturated heterocycles. The zero-order chi connectivity index (χ0) is 13.7. The van der Waals surface area contributed by atoms with Crippen LogP contribution in [0.1, 0.15) is 34.9 Å². The Morgan fingerprint density at radius 1 is 1.20 bits per heavy atom. The van der Waals surface area contributed by atoms with Gasteiger partial charge in [-0.1, -0.05) is 0 Å². The molecule has 20 heavy (non-hydrogen) atoms. The average molecular weight is 330 g/mol. The van der Waals surface area contributed by atoms with Crippen LogP contribution in [0.2, 0.25) is 0 Å². The maximum atomic E-state index is 5.46. The molecule has 1 aromatic heterocycles. The minimum Gasteiger partial charge on any atom is -0.496 e. The van der Waals surface area contributed by atoms with Crippen LogP contribution in [0.3, 0.4) is 0 Å². The van der Waals surface area contributed by atoms with Crippen LogP contribution in [-0.4, -0.2) is 12.1 Å². The van der Waals surface area contributed by atoms with E-state index in [0.29, 0.717) is 11.8 Å². The number of pyridine rings is 1. The molecule has 0 bridgehead atoms. The van der Waals surface area contributed by atoms with Gasteiger partial charge in [-0.2, -0.15) is 0 Å². The van der Waals surface area contributed by atoms with E-state index in [4.69, 9.17) is 4.74 Å². The van der Waals surface area contributed by atoms with Gasteiger partial charge in [0.1, 0.15) is 5.75 Å². The van der Waals surface area contributed by atoms with Gasteiger partial charge in [-0.05, 0) is 87.5 Å². The number of nitrogens with zero attached hydrogens (tertiary/aromatic N) is 1. The van der Waals surface area contributed by atoms with Crippen molar-refractivity contribution in [1.29, 1.82) is 0 Å². The van der Waals surface area contributed by atoms with Crippen molar-refractivity contribution in [2.75, 3.05) is 7.11 Å². The van der Waals surface area contributed by atoms with E-state index in [2.05, 4.69) is 45.2 Å². The van der Waals surface area contributed by atoms with E-state index in [1.807, 2.05) is 12.4 Å². The van der Waals surface area contributed by atoms with Crippen molar-refractivity contribution in [2.24, 2.45) is 5.92 Å². The highest BCUT2D eigenvalue weighted by Gasteiger charge is 2.53. The van der Waals surface area contributed by atoms with E-state index < -0.39 is 0 Å². The summed E-state index contributed by atoms with van der Waals surface area (Å²) in [6, 6.07) is 8.81. The number of fused-ring (bicyclic) bond motifs is 3. The molecule has 0 aliphatic heterocycles. The third-order valence-corrected chi connectivity index (χ3v) is 5.40. The molecule has 2 aliphatic rings. The summed E-state index contributed by atoms with van der Waals surface area (Å²) in [7, 11) is 1.74. The van der Waals surface area contributed by atoms with Crippen LogP contribution in [0.15, 0.2) is 41.1 Å². The molecule has 1 unspecified atom stereocenters. The van der Waals surface area contributed by atoms with Crippen molar-refractivity contribution in [3.05, 3.63) is 57.8 Å². The highest BCUT2D eigenvalue weighted by atomic mass is 79.9. The zero-order valence-corrected chi connectivity index (χ0v) is 12.9. The summed E-state index contributed by atoms with van der Waals surface area (Å²) in [5, 5.41) is 0. The lowest BCUT2D eigenvalue weighted by atomic mass is 9.91. The maximum Gasteiger partial charge on any atom is 0.133 e. The molecule has 1 aromatic carbocycles. The first-order valence-corrected chi connectivity index (χ1v) is 7.85. The second-order valence-electron chi connectivity index (χ2n) is 5.72. The third-order valence-electron chi connectivity index (χ3n) is 4.78. The molecular formula is C17H16BrNO. The lowest BCUT2D eigenvalue weighted by molar-refractivity contribution is 0.411. The van der Waals surface area contributed by atoms with Crippen LogP contribution in [0.25, 0.3) is 0 Å². The van der Waals surface area contributed by atoms with E-state index in [0.717, 1.165) is 16.1 Å². The summed E-state index contributed by atoms with van der Waals surface area (Å²) < 4.78 is 6.53. The summed E-state index contributed by atoms with van der Waals surface area (Å²) >= 11 is 3.60. The molecule has 3 heteroatoms. The van der Waals surface area contributed by atoms with Crippen molar-refractivity contribution in [3.63, 3.8) is 0 Å². The van der Waals surface area contributed by atoms with Gasteiger partial charge in [0, 0.05) is 12.4 Å². The minimum absolute atomic E-state index is 0.670. The van der Waals surface area contributed by atoms with Crippen LogP contribution in [0, 0.1) is 5.92 Å². The molecule has 3 atom stereocenters. The van der Waals surface area contributed by atoms with Crippen LogP contribution < -0.4 is 4.74 Å². The van der Waals surface area contributed by atoms with E-state index in [9.17, 15) is 0 Å². The van der Waals surface area contributed by atoms with Gasteiger partial charge in [0.2, 0.25) is 0 Å². The fraction of sp³-hybridized carbons (Fsp3) is 0.353. The highest BCUT2D eigenvalue weighted by Crippen LogP contribution is 2.65. The van der Waals surface area contributed by atoms with E-state index in [1.165, 1.54) is 29.5 Å². The quantitative estimate of drug-likeness (QED) is 0.819. The largest absolute Gasteiger partial charge is 0.496 e. The Morgan fingerprint density at radius 3 is 2.75 bits per heavy atom. The van der Waals surface area contributed by atoms with Crippen LogP contribution in [-0.2, 0) is 6.42 Å². The van der Waals surface area contributed by atoms with Gasteiger partial charge >= 0.3 is 0 Å². The third kappa shape index (κ3) is 1.80. The molecular weight excluding hydrogens is 314 g/mol. The van der Waals surface area contributed by atoms with E-state index >= 15 is 0 Å². The molecule has 0 N–H and O–H groups in total. The first kappa shape index (κ1) is 12.4. The normalized spacial score (nSPS) is 26.6. The fourth-order valence-electron chi connectivity index (χ4n) is 3.81. The molecule has 2 aromatic rings. The van der Waals surface area contributed by atoms with Gasteiger partial charge in [0.15, 0.2) is 0 Å². The Hall–Kier alpha value is -1.35. The number of halogens is 1. The van der Waals surface area contributed by atoms with Gasteiger partial charge in [-0.15, -0.1) is 0 Å². The van der Waals surface area contributed by atoms with Crippen molar-refractivity contribution in [3.8, 4) is 5.75 Å². The maximum absolute atomic E-state index is 5.46. The van der Waals surface area contributed by atoms with Gasteiger partial charge in [-0.25, -0.2) is 0 Å². The Bertz CT molecular complexity index is 656. The molecule has 2 aliphatic carbocycles. The van der Waals surface area contributed by atoms with E-state index in [-0.39, 0.29) is 0 Å². The van der Waals surface area contributed by atoms with Gasteiger partial charge < -0.3 is 4.74 Å². The number of hydrogen-bond acceptors (Lipinski definition) is 2. The average Bonchev–Trinajstić information content (AvgIpc) is 3.22. The predicted molar refractivity (Wildman–Crippen MR) is 82.2 cm³/mol. The number of rotatable bonds is 2. The summed E-state index contributed by atoms with van der Waals surface area (Å²) in [6.07, 6.45) is 6.29. The number of methoxy groups -OCH3 is 1. The summed E-state index contributed by atoms with van der Waals surface area (Å²) in [4.78, 5) is 4.13.